The predicted molar refractivity (Wildman–Crippen MR) is 72.0 cm³/mol. The fraction of sp³-hybridized carbons (Fsp3) is 0.429. The summed E-state index contributed by atoms with van der Waals surface area (Å²) in [7, 11) is 0. The molecule has 1 fully saturated rings. The summed E-state index contributed by atoms with van der Waals surface area (Å²) in [4.78, 5) is 9.67. The van der Waals surface area contributed by atoms with E-state index in [1.165, 1.54) is 6.07 Å². The monoisotopic (exact) mass is 296 g/mol. The van der Waals surface area contributed by atoms with Gasteiger partial charge in [-0.3, -0.25) is 0 Å². The molecule has 3 rings (SSSR count). The highest BCUT2D eigenvalue weighted by Crippen LogP contribution is 2.30. The zero-order valence-electron chi connectivity index (χ0n) is 11.3. The van der Waals surface area contributed by atoms with Crippen molar-refractivity contribution in [1.29, 1.82) is 0 Å². The molecule has 112 valence electrons. The van der Waals surface area contributed by atoms with E-state index in [4.69, 9.17) is 0 Å². The van der Waals surface area contributed by atoms with Crippen LogP contribution in [0.25, 0.3) is 0 Å². The van der Waals surface area contributed by atoms with Crippen molar-refractivity contribution in [2.45, 2.75) is 25.1 Å². The normalized spacial score (nSPS) is 17.2. The minimum absolute atomic E-state index is 0.356. The highest BCUT2D eigenvalue weighted by molar-refractivity contribution is 5.40. The third kappa shape index (κ3) is 3.01. The first kappa shape index (κ1) is 13.9. The van der Waals surface area contributed by atoms with E-state index in [1.807, 2.05) is 11.1 Å². The Morgan fingerprint density at radius 2 is 1.90 bits per heavy atom. The van der Waals surface area contributed by atoms with Crippen LogP contribution in [0.3, 0.4) is 0 Å². The second-order valence-corrected chi connectivity index (χ2v) is 5.11. The van der Waals surface area contributed by atoms with Crippen LogP contribution in [0.2, 0.25) is 0 Å². The minimum atomic E-state index is -4.40. The van der Waals surface area contributed by atoms with Crippen LogP contribution >= 0.6 is 0 Å². The van der Waals surface area contributed by atoms with Gasteiger partial charge in [0.15, 0.2) is 0 Å². The number of aromatic nitrogens is 3. The molecule has 0 aromatic carbocycles. The number of imidazole rings is 1. The van der Waals surface area contributed by atoms with Gasteiger partial charge < -0.3 is 9.47 Å². The summed E-state index contributed by atoms with van der Waals surface area (Å²) in [5.74, 6) is 0.397. The molecule has 21 heavy (non-hydrogen) atoms. The first-order chi connectivity index (χ1) is 10.0. The summed E-state index contributed by atoms with van der Waals surface area (Å²) in [5.41, 5.74) is -0.836. The number of rotatable bonds is 2. The average Bonchev–Trinajstić information content (AvgIpc) is 3.01. The molecule has 1 aliphatic heterocycles. The maximum atomic E-state index is 12.7. The largest absolute Gasteiger partial charge is 0.433 e. The van der Waals surface area contributed by atoms with Crippen LogP contribution in [0.1, 0.15) is 24.6 Å². The van der Waals surface area contributed by atoms with Gasteiger partial charge in [0.05, 0.1) is 6.33 Å². The van der Waals surface area contributed by atoms with Crippen LogP contribution < -0.4 is 4.90 Å². The Kier molecular flexibility index (Phi) is 3.57. The fourth-order valence-electron chi connectivity index (χ4n) is 2.64. The zero-order chi connectivity index (χ0) is 14.9. The van der Waals surface area contributed by atoms with Crippen LogP contribution in [0, 0.1) is 0 Å². The highest BCUT2D eigenvalue weighted by atomic mass is 19.4. The van der Waals surface area contributed by atoms with Crippen LogP contribution in [-0.4, -0.2) is 27.6 Å². The maximum absolute atomic E-state index is 12.7. The Hall–Kier alpha value is -2.05. The molecule has 7 heteroatoms. The van der Waals surface area contributed by atoms with E-state index >= 15 is 0 Å². The van der Waals surface area contributed by atoms with Crippen LogP contribution in [0.4, 0.5) is 19.0 Å². The number of pyridine rings is 1. The first-order valence-corrected chi connectivity index (χ1v) is 6.81. The first-order valence-electron chi connectivity index (χ1n) is 6.81. The smallest absolute Gasteiger partial charge is 0.356 e. The number of piperidine rings is 1. The van der Waals surface area contributed by atoms with Crippen molar-refractivity contribution in [3.8, 4) is 0 Å². The van der Waals surface area contributed by atoms with Gasteiger partial charge in [-0.1, -0.05) is 6.07 Å². The molecule has 0 radical (unpaired) electrons. The van der Waals surface area contributed by atoms with Crippen LogP contribution in [-0.2, 0) is 6.18 Å². The lowest BCUT2D eigenvalue weighted by Crippen LogP contribution is -2.35. The summed E-state index contributed by atoms with van der Waals surface area (Å²) in [6.07, 6.45) is 2.78. The van der Waals surface area contributed by atoms with Crippen molar-refractivity contribution in [2.75, 3.05) is 18.0 Å². The topological polar surface area (TPSA) is 34.0 Å². The van der Waals surface area contributed by atoms with Crippen molar-refractivity contribution < 1.29 is 13.2 Å². The molecule has 4 nitrogen and oxygen atoms in total. The van der Waals surface area contributed by atoms with E-state index in [1.54, 1.807) is 18.6 Å². The lowest BCUT2D eigenvalue weighted by atomic mass is 10.0. The summed E-state index contributed by atoms with van der Waals surface area (Å²) in [6, 6.07) is 4.40. The Balaban J connectivity index is 1.70. The summed E-state index contributed by atoms with van der Waals surface area (Å²) >= 11 is 0. The lowest BCUT2D eigenvalue weighted by Gasteiger charge is -2.33. The number of hydrogen-bond acceptors (Lipinski definition) is 3. The molecule has 0 N–H and O–H groups in total. The predicted octanol–water partition coefficient (Wildman–Crippen LogP) is 3.14. The van der Waals surface area contributed by atoms with Gasteiger partial charge in [0, 0.05) is 31.5 Å². The van der Waals surface area contributed by atoms with Crippen molar-refractivity contribution >= 4 is 5.82 Å². The molecule has 1 saturated heterocycles. The van der Waals surface area contributed by atoms with Gasteiger partial charge in [0.1, 0.15) is 11.5 Å². The number of hydrogen-bond donors (Lipinski definition) is 0. The van der Waals surface area contributed by atoms with E-state index < -0.39 is 11.9 Å². The molecule has 0 bridgehead atoms. The average molecular weight is 296 g/mol. The quantitative estimate of drug-likeness (QED) is 0.854. The SMILES string of the molecule is FC(F)(F)c1cccc(N2CCC(n3ccnc3)CC2)n1. The van der Waals surface area contributed by atoms with Crippen molar-refractivity contribution in [3.63, 3.8) is 0 Å². The Labute approximate surface area is 120 Å². The number of nitrogens with zero attached hydrogens (tertiary/aromatic N) is 4. The molecule has 2 aromatic heterocycles. The van der Waals surface area contributed by atoms with Gasteiger partial charge in [-0.15, -0.1) is 0 Å². The molecule has 0 unspecified atom stereocenters. The van der Waals surface area contributed by atoms with Crippen molar-refractivity contribution in [1.82, 2.24) is 14.5 Å². The molecular formula is C14H15F3N4. The molecule has 3 heterocycles. The van der Waals surface area contributed by atoms with E-state index in [2.05, 4.69) is 14.5 Å². The molecule has 0 atom stereocenters. The Bertz CT molecular complexity index is 587. The van der Waals surface area contributed by atoms with Gasteiger partial charge in [0.2, 0.25) is 0 Å². The third-order valence-corrected chi connectivity index (χ3v) is 3.76. The highest BCUT2D eigenvalue weighted by Gasteiger charge is 2.33. The van der Waals surface area contributed by atoms with Gasteiger partial charge in [-0.2, -0.15) is 13.2 Å². The number of alkyl halides is 3. The van der Waals surface area contributed by atoms with E-state index in [0.29, 0.717) is 24.9 Å². The Morgan fingerprint density at radius 1 is 1.14 bits per heavy atom. The lowest BCUT2D eigenvalue weighted by molar-refractivity contribution is -0.141. The zero-order valence-corrected chi connectivity index (χ0v) is 11.3. The molecule has 1 aliphatic rings. The van der Waals surface area contributed by atoms with Crippen LogP contribution in [0.15, 0.2) is 36.9 Å². The number of halogens is 3. The summed E-state index contributed by atoms with van der Waals surface area (Å²) in [6.45, 7) is 1.38. The molecule has 0 amide bonds. The molecule has 0 saturated carbocycles. The van der Waals surface area contributed by atoms with E-state index in [9.17, 15) is 13.2 Å². The van der Waals surface area contributed by atoms with Crippen molar-refractivity contribution in [3.05, 3.63) is 42.6 Å². The third-order valence-electron chi connectivity index (χ3n) is 3.76. The van der Waals surface area contributed by atoms with E-state index in [-0.39, 0.29) is 0 Å². The van der Waals surface area contributed by atoms with Gasteiger partial charge >= 0.3 is 6.18 Å². The van der Waals surface area contributed by atoms with Gasteiger partial charge in [0.25, 0.3) is 0 Å². The standard InChI is InChI=1S/C14H15F3N4/c15-14(16,17)12-2-1-3-13(19-12)20-7-4-11(5-8-20)21-9-6-18-10-21/h1-3,6,9-11H,4-5,7-8H2. The Morgan fingerprint density at radius 3 is 2.52 bits per heavy atom. The van der Waals surface area contributed by atoms with Gasteiger partial charge in [-0.25, -0.2) is 9.97 Å². The second-order valence-electron chi connectivity index (χ2n) is 5.11. The minimum Gasteiger partial charge on any atom is -0.356 e. The van der Waals surface area contributed by atoms with E-state index in [0.717, 1.165) is 18.9 Å². The molecular weight excluding hydrogens is 281 g/mol. The number of anilines is 1. The molecule has 2 aromatic rings. The summed E-state index contributed by atoms with van der Waals surface area (Å²) < 4.78 is 40.1. The molecule has 0 spiro atoms. The summed E-state index contributed by atoms with van der Waals surface area (Å²) in [5, 5.41) is 0. The van der Waals surface area contributed by atoms with Crippen LogP contribution in [0.5, 0.6) is 0 Å². The molecule has 0 aliphatic carbocycles. The fourth-order valence-corrected chi connectivity index (χ4v) is 2.64. The van der Waals surface area contributed by atoms with Crippen molar-refractivity contribution in [2.24, 2.45) is 0 Å². The van der Waals surface area contributed by atoms with Gasteiger partial charge in [-0.05, 0) is 25.0 Å². The maximum Gasteiger partial charge on any atom is 0.433 e. The second kappa shape index (κ2) is 5.38.